The predicted molar refractivity (Wildman–Crippen MR) is 124 cm³/mol. The molecule has 33 heavy (non-hydrogen) atoms. The average molecular weight is 461 g/mol. The summed E-state index contributed by atoms with van der Waals surface area (Å²) in [6.07, 6.45) is 0.870. The van der Waals surface area contributed by atoms with Gasteiger partial charge in [0.05, 0.1) is 6.07 Å². The van der Waals surface area contributed by atoms with E-state index >= 15 is 0 Å². The van der Waals surface area contributed by atoms with Crippen LogP contribution in [0.25, 0.3) is 0 Å². The number of alkyl carbamates (subject to hydrolysis) is 1. The first-order chi connectivity index (χ1) is 15.4. The molecule has 3 amide bonds. The highest BCUT2D eigenvalue weighted by atomic mass is 16.6. The summed E-state index contributed by atoms with van der Waals surface area (Å²) in [6.45, 7) is 10.7. The van der Waals surface area contributed by atoms with Gasteiger partial charge in [0.25, 0.3) is 0 Å². The number of rotatable bonds is 10. The van der Waals surface area contributed by atoms with Crippen LogP contribution in [0.5, 0.6) is 5.75 Å². The molecule has 0 aromatic heterocycles. The molecule has 3 N–H and O–H groups in total. The molecule has 2 unspecified atom stereocenters. The summed E-state index contributed by atoms with van der Waals surface area (Å²) < 4.78 is 5.29. The third-order valence-corrected chi connectivity index (χ3v) is 4.73. The summed E-state index contributed by atoms with van der Waals surface area (Å²) in [4.78, 5) is 40.2. The lowest BCUT2D eigenvalue weighted by Crippen LogP contribution is -2.55. The molecule has 9 heteroatoms. The van der Waals surface area contributed by atoms with Crippen molar-refractivity contribution in [2.24, 2.45) is 5.92 Å². The molecule has 0 spiro atoms. The van der Waals surface area contributed by atoms with Crippen molar-refractivity contribution in [2.75, 3.05) is 13.1 Å². The molecule has 0 bridgehead atoms. The number of phenols is 1. The number of nitriles is 1. The van der Waals surface area contributed by atoms with Gasteiger partial charge >= 0.3 is 6.09 Å². The Kier molecular flexibility index (Phi) is 10.7. The maximum atomic E-state index is 13.6. The molecule has 182 valence electrons. The Balaban J connectivity index is 3.34. The van der Waals surface area contributed by atoms with Crippen LogP contribution in [0.15, 0.2) is 24.3 Å². The number of aromatic hydroxyl groups is 1. The summed E-state index contributed by atoms with van der Waals surface area (Å²) in [5.41, 5.74) is -0.320. The van der Waals surface area contributed by atoms with E-state index in [-0.39, 0.29) is 18.2 Å². The van der Waals surface area contributed by atoms with Crippen LogP contribution in [0.1, 0.15) is 66.0 Å². The number of hydrogen-bond donors (Lipinski definition) is 3. The summed E-state index contributed by atoms with van der Waals surface area (Å²) in [5.74, 6) is -1.36. The van der Waals surface area contributed by atoms with Gasteiger partial charge in [0.15, 0.2) is 0 Å². The lowest BCUT2D eigenvalue weighted by Gasteiger charge is -2.34. The van der Waals surface area contributed by atoms with Crippen molar-refractivity contribution >= 4 is 17.9 Å². The van der Waals surface area contributed by atoms with Crippen molar-refractivity contribution in [3.8, 4) is 11.8 Å². The Morgan fingerprint density at radius 1 is 1.18 bits per heavy atom. The van der Waals surface area contributed by atoms with Crippen molar-refractivity contribution < 1.29 is 24.2 Å². The largest absolute Gasteiger partial charge is 0.508 e. The number of hydrogen-bond acceptors (Lipinski definition) is 6. The number of unbranched alkanes of at least 4 members (excludes halogenated alkanes) is 1. The first-order valence-corrected chi connectivity index (χ1v) is 11.1. The average Bonchev–Trinajstić information content (AvgIpc) is 2.71. The lowest BCUT2D eigenvalue weighted by atomic mass is 9.99. The van der Waals surface area contributed by atoms with Crippen molar-refractivity contribution in [3.05, 3.63) is 29.8 Å². The van der Waals surface area contributed by atoms with Crippen LogP contribution in [-0.2, 0) is 14.3 Å². The maximum Gasteiger partial charge on any atom is 0.408 e. The van der Waals surface area contributed by atoms with Crippen LogP contribution in [0.3, 0.4) is 0 Å². The quantitative estimate of drug-likeness (QED) is 0.363. The Morgan fingerprint density at radius 3 is 2.27 bits per heavy atom. The standard InChI is InChI=1S/C24H36N4O5/c1-7-8-14-26-21(30)20(17-9-11-18(29)12-10-17)28(15-13-25)22(31)19(16(2)3)27-23(32)33-24(4,5)6/h9-12,16,19-20,29H,7-8,14-15H2,1-6H3,(H,26,30)(H,27,32). The van der Waals surface area contributed by atoms with Crippen LogP contribution in [0.4, 0.5) is 4.79 Å². The molecule has 0 aliphatic carbocycles. The zero-order valence-corrected chi connectivity index (χ0v) is 20.3. The Bertz CT molecular complexity index is 840. The van der Waals surface area contributed by atoms with Gasteiger partial charge in [-0.15, -0.1) is 0 Å². The van der Waals surface area contributed by atoms with Crippen LogP contribution in [-0.4, -0.2) is 52.6 Å². The van der Waals surface area contributed by atoms with Gasteiger partial charge in [-0.2, -0.15) is 5.26 Å². The number of ether oxygens (including phenoxy) is 1. The van der Waals surface area contributed by atoms with E-state index in [1.807, 2.05) is 13.0 Å². The number of benzene rings is 1. The molecule has 2 atom stereocenters. The van der Waals surface area contributed by atoms with Gasteiger partial charge < -0.3 is 25.4 Å². The fourth-order valence-electron chi connectivity index (χ4n) is 3.11. The van der Waals surface area contributed by atoms with E-state index in [1.54, 1.807) is 34.6 Å². The zero-order chi connectivity index (χ0) is 25.2. The summed E-state index contributed by atoms with van der Waals surface area (Å²) >= 11 is 0. The van der Waals surface area contributed by atoms with E-state index in [0.29, 0.717) is 12.1 Å². The molecule has 1 aromatic rings. The van der Waals surface area contributed by atoms with Crippen LogP contribution >= 0.6 is 0 Å². The number of amides is 3. The number of carbonyl (C=O) groups is 3. The molecule has 1 aromatic carbocycles. The third kappa shape index (κ3) is 9.00. The highest BCUT2D eigenvalue weighted by molar-refractivity contribution is 5.92. The molecule has 9 nitrogen and oxygen atoms in total. The van der Waals surface area contributed by atoms with Crippen molar-refractivity contribution in [3.63, 3.8) is 0 Å². The van der Waals surface area contributed by atoms with Crippen molar-refractivity contribution in [1.82, 2.24) is 15.5 Å². The number of phenolic OH excluding ortho intramolecular Hbond substituents is 1. The molecule has 1 rings (SSSR count). The second-order valence-electron chi connectivity index (χ2n) is 9.13. The Hall–Kier alpha value is -3.28. The van der Waals surface area contributed by atoms with E-state index in [4.69, 9.17) is 4.74 Å². The van der Waals surface area contributed by atoms with Crippen LogP contribution in [0, 0.1) is 17.2 Å². The van der Waals surface area contributed by atoms with E-state index in [1.165, 1.54) is 24.3 Å². The Morgan fingerprint density at radius 2 is 1.79 bits per heavy atom. The summed E-state index contributed by atoms with van der Waals surface area (Å²) in [7, 11) is 0. The van der Waals surface area contributed by atoms with Crippen LogP contribution < -0.4 is 10.6 Å². The normalized spacial score (nSPS) is 12.9. The van der Waals surface area contributed by atoms with Gasteiger partial charge in [-0.1, -0.05) is 39.3 Å². The number of nitrogens with one attached hydrogen (secondary N) is 2. The maximum absolute atomic E-state index is 13.6. The highest BCUT2D eigenvalue weighted by Crippen LogP contribution is 2.25. The molecule has 0 radical (unpaired) electrons. The predicted octanol–water partition coefficient (Wildman–Crippen LogP) is 3.25. The molecule has 0 heterocycles. The second-order valence-corrected chi connectivity index (χ2v) is 9.13. The van der Waals surface area contributed by atoms with Gasteiger partial charge in [0.2, 0.25) is 11.8 Å². The first kappa shape index (κ1) is 27.8. The fraction of sp³-hybridized carbons (Fsp3) is 0.583. The third-order valence-electron chi connectivity index (χ3n) is 4.73. The minimum Gasteiger partial charge on any atom is -0.508 e. The van der Waals surface area contributed by atoms with E-state index in [9.17, 15) is 24.8 Å². The molecular weight excluding hydrogens is 424 g/mol. The molecular formula is C24H36N4O5. The fourth-order valence-corrected chi connectivity index (χ4v) is 3.11. The van der Waals surface area contributed by atoms with Crippen LogP contribution in [0.2, 0.25) is 0 Å². The number of nitrogens with zero attached hydrogens (tertiary/aromatic N) is 2. The SMILES string of the molecule is CCCCNC(=O)C(c1ccc(O)cc1)N(CC#N)C(=O)C(NC(=O)OC(C)(C)C)C(C)C. The van der Waals surface area contributed by atoms with E-state index in [2.05, 4.69) is 10.6 Å². The van der Waals surface area contributed by atoms with E-state index in [0.717, 1.165) is 17.7 Å². The summed E-state index contributed by atoms with van der Waals surface area (Å²) in [6, 6.07) is 5.70. The van der Waals surface area contributed by atoms with Gasteiger partial charge in [-0.25, -0.2) is 4.79 Å². The van der Waals surface area contributed by atoms with Gasteiger partial charge in [-0.05, 0) is 50.8 Å². The molecule has 0 aliphatic heterocycles. The zero-order valence-electron chi connectivity index (χ0n) is 20.3. The monoisotopic (exact) mass is 460 g/mol. The van der Waals surface area contributed by atoms with Gasteiger partial charge in [0, 0.05) is 6.54 Å². The number of carbonyl (C=O) groups excluding carboxylic acids is 3. The molecule has 0 saturated carbocycles. The van der Waals surface area contributed by atoms with Crippen molar-refractivity contribution in [2.45, 2.75) is 72.1 Å². The molecule has 0 fully saturated rings. The minimum absolute atomic E-state index is 0.00806. The highest BCUT2D eigenvalue weighted by Gasteiger charge is 2.37. The topological polar surface area (TPSA) is 132 Å². The molecule has 0 aliphatic rings. The van der Waals surface area contributed by atoms with Gasteiger partial charge in [0.1, 0.15) is 30.0 Å². The second kappa shape index (κ2) is 12.7. The van der Waals surface area contributed by atoms with Gasteiger partial charge in [-0.3, -0.25) is 9.59 Å². The minimum atomic E-state index is -1.11. The molecule has 0 saturated heterocycles. The van der Waals surface area contributed by atoms with Crippen molar-refractivity contribution in [1.29, 1.82) is 5.26 Å². The van der Waals surface area contributed by atoms with E-state index < -0.39 is 35.6 Å². The summed E-state index contributed by atoms with van der Waals surface area (Å²) in [5, 5.41) is 24.5. The lowest BCUT2D eigenvalue weighted by molar-refractivity contribution is -0.142. The smallest absolute Gasteiger partial charge is 0.408 e. The Labute approximate surface area is 196 Å². The first-order valence-electron chi connectivity index (χ1n) is 11.1.